The summed E-state index contributed by atoms with van der Waals surface area (Å²) in [6.45, 7) is 8.87. The van der Waals surface area contributed by atoms with E-state index in [0.717, 1.165) is 23.7 Å². The summed E-state index contributed by atoms with van der Waals surface area (Å²) < 4.78 is 0.639. The van der Waals surface area contributed by atoms with Crippen LogP contribution in [0.3, 0.4) is 0 Å². The summed E-state index contributed by atoms with van der Waals surface area (Å²) in [5.74, 6) is 5.78. The van der Waals surface area contributed by atoms with Gasteiger partial charge in [-0.25, -0.2) is 0 Å². The Morgan fingerprint density at radius 3 is 1.86 bits per heavy atom. The molecule has 0 unspecified atom stereocenters. The fraction of sp³-hybridized carbons (Fsp3) is 0.947. The van der Waals surface area contributed by atoms with E-state index in [9.17, 15) is 4.79 Å². The first-order valence-corrected chi connectivity index (χ1v) is 10.9. The molecule has 5 saturated carbocycles. The van der Waals surface area contributed by atoms with E-state index in [2.05, 4.69) is 51.2 Å². The van der Waals surface area contributed by atoms with Crippen molar-refractivity contribution in [3.63, 3.8) is 0 Å². The highest BCUT2D eigenvalue weighted by molar-refractivity contribution is 8.22. The second-order valence-corrected chi connectivity index (χ2v) is 12.9. The molecule has 1 heterocycles. The molecule has 122 valence electrons. The number of ketones is 1. The molecule has 0 atom stereocenters. The van der Waals surface area contributed by atoms with E-state index < -0.39 is 0 Å². The number of Topliss-reactive ketones (excluding diaryl/α,β-unsaturated/α-hetero) is 1. The minimum Gasteiger partial charge on any atom is -0.298 e. The molecule has 6 fully saturated rings. The molecule has 2 spiro atoms. The molecule has 0 aromatic rings. The van der Waals surface area contributed by atoms with Crippen molar-refractivity contribution in [3.8, 4) is 0 Å². The molecule has 0 N–H and O–H groups in total. The third kappa shape index (κ3) is 1.35. The van der Waals surface area contributed by atoms with Gasteiger partial charge in [0.2, 0.25) is 0 Å². The predicted octanol–water partition coefficient (Wildman–Crippen LogP) is 4.99. The first kappa shape index (κ1) is 14.7. The van der Waals surface area contributed by atoms with Crippen LogP contribution in [0.5, 0.6) is 0 Å². The van der Waals surface area contributed by atoms with Crippen LogP contribution < -0.4 is 0 Å². The molecule has 0 aromatic heterocycles. The predicted molar refractivity (Wildman–Crippen MR) is 95.1 cm³/mol. The van der Waals surface area contributed by atoms with Crippen molar-refractivity contribution in [1.29, 1.82) is 0 Å². The Balaban J connectivity index is 1.54. The Labute approximate surface area is 143 Å². The second kappa shape index (κ2) is 3.95. The van der Waals surface area contributed by atoms with Crippen LogP contribution >= 0.6 is 23.5 Å². The summed E-state index contributed by atoms with van der Waals surface area (Å²) in [4.78, 5) is 12.7. The van der Waals surface area contributed by atoms with Gasteiger partial charge in [-0.05, 0) is 55.8 Å². The van der Waals surface area contributed by atoms with Crippen LogP contribution in [0.2, 0.25) is 0 Å². The molecule has 6 aliphatic rings. The Morgan fingerprint density at radius 2 is 1.36 bits per heavy atom. The van der Waals surface area contributed by atoms with Crippen LogP contribution in [-0.4, -0.2) is 20.4 Å². The van der Waals surface area contributed by atoms with E-state index in [1.165, 1.54) is 37.9 Å². The van der Waals surface area contributed by atoms with Crippen molar-refractivity contribution in [2.45, 2.75) is 68.6 Å². The highest BCUT2D eigenvalue weighted by atomic mass is 32.2. The number of rotatable bonds is 0. The zero-order valence-corrected chi connectivity index (χ0v) is 15.9. The Bertz CT molecular complexity index is 516. The van der Waals surface area contributed by atoms with Gasteiger partial charge in [0.1, 0.15) is 5.78 Å². The van der Waals surface area contributed by atoms with Gasteiger partial charge in [-0.2, -0.15) is 0 Å². The van der Waals surface area contributed by atoms with Gasteiger partial charge in [-0.1, -0.05) is 27.7 Å². The number of carbonyl (C=O) groups excluding carboxylic acids is 1. The van der Waals surface area contributed by atoms with Gasteiger partial charge in [0, 0.05) is 21.3 Å². The van der Waals surface area contributed by atoms with Crippen LogP contribution in [0.4, 0.5) is 0 Å². The first-order valence-electron chi connectivity index (χ1n) is 9.12. The van der Waals surface area contributed by atoms with Gasteiger partial charge in [-0.15, -0.1) is 23.5 Å². The van der Waals surface area contributed by atoms with Crippen LogP contribution in [0.15, 0.2) is 0 Å². The van der Waals surface area contributed by atoms with Gasteiger partial charge in [0.05, 0.1) is 4.08 Å². The maximum atomic E-state index is 12.7. The van der Waals surface area contributed by atoms with Crippen molar-refractivity contribution in [1.82, 2.24) is 0 Å². The maximum Gasteiger partial charge on any atom is 0.148 e. The molecule has 0 amide bonds. The molecule has 1 nitrogen and oxygen atoms in total. The lowest BCUT2D eigenvalue weighted by Gasteiger charge is -2.65. The van der Waals surface area contributed by atoms with Gasteiger partial charge in [0.25, 0.3) is 0 Å². The Morgan fingerprint density at radius 1 is 0.864 bits per heavy atom. The molecule has 0 radical (unpaired) electrons. The zero-order valence-electron chi connectivity index (χ0n) is 14.3. The average Bonchev–Trinajstić information content (AvgIpc) is 2.88. The van der Waals surface area contributed by atoms with Crippen molar-refractivity contribution in [2.75, 3.05) is 5.75 Å². The Kier molecular flexibility index (Phi) is 2.64. The molecule has 1 saturated heterocycles. The van der Waals surface area contributed by atoms with Crippen molar-refractivity contribution >= 4 is 29.3 Å². The van der Waals surface area contributed by atoms with Gasteiger partial charge < -0.3 is 0 Å². The molecule has 0 aromatic carbocycles. The van der Waals surface area contributed by atoms with Crippen LogP contribution in [-0.2, 0) is 4.79 Å². The molecule has 4 bridgehead atoms. The van der Waals surface area contributed by atoms with E-state index in [4.69, 9.17) is 0 Å². The lowest BCUT2D eigenvalue weighted by molar-refractivity contribution is -0.152. The summed E-state index contributed by atoms with van der Waals surface area (Å²) in [6.07, 6.45) is 7.50. The van der Waals surface area contributed by atoms with Crippen LogP contribution in [0.1, 0.15) is 59.8 Å². The molecular formula is C19H28OS2. The SMILES string of the molecule is CC1(C)C(=O)C(C)(C)C12SCC1(S2)C2CC3CC(C2)CC1C3. The molecular weight excluding hydrogens is 308 g/mol. The normalized spacial score (nSPS) is 52.5. The molecule has 5 aliphatic carbocycles. The summed E-state index contributed by atoms with van der Waals surface area (Å²) in [5.41, 5.74) is -0.298. The van der Waals surface area contributed by atoms with Crippen molar-refractivity contribution in [2.24, 2.45) is 34.5 Å². The summed E-state index contributed by atoms with van der Waals surface area (Å²) >= 11 is 4.47. The fourth-order valence-corrected chi connectivity index (χ4v) is 12.4. The lowest BCUT2D eigenvalue weighted by atomic mass is 9.52. The van der Waals surface area contributed by atoms with Gasteiger partial charge in [0.15, 0.2) is 0 Å². The van der Waals surface area contributed by atoms with E-state index >= 15 is 0 Å². The van der Waals surface area contributed by atoms with Crippen molar-refractivity contribution in [3.05, 3.63) is 0 Å². The highest BCUT2D eigenvalue weighted by Crippen LogP contribution is 2.80. The summed E-state index contributed by atoms with van der Waals surface area (Å²) in [5, 5.41) is 0. The first-order chi connectivity index (χ1) is 10.2. The largest absolute Gasteiger partial charge is 0.298 e. The van der Waals surface area contributed by atoms with Gasteiger partial charge >= 0.3 is 0 Å². The maximum absolute atomic E-state index is 12.7. The minimum atomic E-state index is -0.149. The third-order valence-electron chi connectivity index (χ3n) is 8.14. The molecule has 22 heavy (non-hydrogen) atoms. The van der Waals surface area contributed by atoms with Crippen LogP contribution in [0.25, 0.3) is 0 Å². The molecule has 1 aliphatic heterocycles. The topological polar surface area (TPSA) is 17.1 Å². The second-order valence-electron chi connectivity index (χ2n) is 9.85. The zero-order chi connectivity index (χ0) is 15.5. The molecule has 6 rings (SSSR count). The van der Waals surface area contributed by atoms with E-state index in [1.54, 1.807) is 0 Å². The standard InChI is InChI=1S/C19H28OS2/c1-16(2)15(20)17(3,4)19(16)21-10-18(22-19)13-6-11-5-12(8-13)9-14(18)7-11/h11-14H,5-10H2,1-4H3. The summed E-state index contributed by atoms with van der Waals surface area (Å²) in [6, 6.07) is 0. The van der Waals surface area contributed by atoms with E-state index in [-0.39, 0.29) is 14.9 Å². The smallest absolute Gasteiger partial charge is 0.148 e. The quantitative estimate of drug-likeness (QED) is 0.620. The Hall–Kier alpha value is 0.370. The van der Waals surface area contributed by atoms with Crippen LogP contribution in [0, 0.1) is 34.5 Å². The highest BCUT2D eigenvalue weighted by Gasteiger charge is 2.78. The minimum absolute atomic E-state index is 0.131. The monoisotopic (exact) mass is 336 g/mol. The van der Waals surface area contributed by atoms with E-state index in [1.807, 2.05) is 0 Å². The third-order valence-corrected chi connectivity index (χ3v) is 13.5. The van der Waals surface area contributed by atoms with E-state index in [0.29, 0.717) is 10.5 Å². The molecule has 3 heteroatoms. The average molecular weight is 337 g/mol. The number of hydrogen-bond donors (Lipinski definition) is 0. The lowest BCUT2D eigenvalue weighted by Crippen LogP contribution is -2.70. The van der Waals surface area contributed by atoms with Crippen molar-refractivity contribution < 1.29 is 4.79 Å². The number of carbonyl (C=O) groups is 1. The fourth-order valence-electron chi connectivity index (χ4n) is 7.34. The number of thioether (sulfide) groups is 2. The van der Waals surface area contributed by atoms with Gasteiger partial charge in [-0.3, -0.25) is 4.79 Å². The number of hydrogen-bond acceptors (Lipinski definition) is 3. The summed E-state index contributed by atoms with van der Waals surface area (Å²) in [7, 11) is 0.